The van der Waals surface area contributed by atoms with Gasteiger partial charge in [-0.05, 0) is 0 Å². The first kappa shape index (κ1) is 12.6. The average molecular weight is 251 g/mol. The Morgan fingerprint density at radius 2 is 2.44 bits per heavy atom. The molecule has 1 amide bonds. The quantitative estimate of drug-likeness (QED) is 0.612. The maximum absolute atomic E-state index is 11.5. The molecule has 18 heavy (non-hydrogen) atoms. The molecule has 1 fully saturated rings. The summed E-state index contributed by atoms with van der Waals surface area (Å²) in [6.07, 6.45) is 0.635. The second kappa shape index (κ2) is 5.18. The van der Waals surface area contributed by atoms with E-state index in [4.69, 9.17) is 5.73 Å². The Kier molecular flexibility index (Phi) is 3.61. The number of nitrogens with zero attached hydrogens (tertiary/aromatic N) is 2. The van der Waals surface area contributed by atoms with E-state index in [0.717, 1.165) is 6.54 Å². The first-order chi connectivity index (χ1) is 8.61. The molecule has 7 heteroatoms. The lowest BCUT2D eigenvalue weighted by molar-refractivity contribution is -0.119. The smallest absolute Gasteiger partial charge is 0.252 e. The fourth-order valence-electron chi connectivity index (χ4n) is 2.04. The van der Waals surface area contributed by atoms with Gasteiger partial charge in [0.15, 0.2) is 0 Å². The van der Waals surface area contributed by atoms with Crippen molar-refractivity contribution in [2.24, 2.45) is 5.73 Å². The second-order valence-corrected chi connectivity index (χ2v) is 4.22. The molecule has 1 aliphatic rings. The molecule has 0 saturated carbocycles. The van der Waals surface area contributed by atoms with E-state index >= 15 is 0 Å². The van der Waals surface area contributed by atoms with Crippen LogP contribution in [0.3, 0.4) is 0 Å². The Labute approximate surface area is 104 Å². The normalized spacial score (nSPS) is 19.8. The molecule has 1 aromatic rings. The summed E-state index contributed by atoms with van der Waals surface area (Å²) < 4.78 is 0. The Balaban J connectivity index is 2.36. The number of aromatic amines is 1. The predicted molar refractivity (Wildman–Crippen MR) is 67.4 cm³/mol. The van der Waals surface area contributed by atoms with E-state index in [1.807, 2.05) is 6.92 Å². The number of aromatic nitrogens is 2. The molecule has 2 rings (SSSR count). The predicted octanol–water partition coefficient (Wildman–Crippen LogP) is -1.40. The van der Waals surface area contributed by atoms with Crippen molar-refractivity contribution in [3.63, 3.8) is 0 Å². The number of carbonyl (C=O) groups excluding carboxylic acids is 1. The molecule has 7 nitrogen and oxygen atoms in total. The van der Waals surface area contributed by atoms with Crippen LogP contribution in [0.4, 0.5) is 5.82 Å². The van der Waals surface area contributed by atoms with Crippen molar-refractivity contribution in [1.29, 1.82) is 0 Å². The van der Waals surface area contributed by atoms with Crippen molar-refractivity contribution >= 4 is 11.7 Å². The van der Waals surface area contributed by atoms with Gasteiger partial charge in [0.1, 0.15) is 17.7 Å². The lowest BCUT2D eigenvalue weighted by Crippen LogP contribution is -2.57. The number of nitrogens with one attached hydrogen (secondary N) is 2. The van der Waals surface area contributed by atoms with Crippen LogP contribution in [0, 0.1) is 0 Å². The van der Waals surface area contributed by atoms with E-state index in [1.165, 1.54) is 6.07 Å². The monoisotopic (exact) mass is 251 g/mol. The van der Waals surface area contributed by atoms with E-state index < -0.39 is 11.9 Å². The molecule has 98 valence electrons. The van der Waals surface area contributed by atoms with Crippen LogP contribution in [0.5, 0.6) is 0 Å². The highest BCUT2D eigenvalue weighted by molar-refractivity contribution is 5.83. The molecule has 1 aromatic heterocycles. The summed E-state index contributed by atoms with van der Waals surface area (Å²) in [6.45, 7) is 3.73. The maximum Gasteiger partial charge on any atom is 0.252 e. The van der Waals surface area contributed by atoms with Crippen LogP contribution >= 0.6 is 0 Å². The van der Waals surface area contributed by atoms with Gasteiger partial charge in [-0.15, -0.1) is 0 Å². The number of H-pyrrole nitrogens is 1. The summed E-state index contributed by atoms with van der Waals surface area (Å²) in [5, 5.41) is 3.10. The molecule has 2 heterocycles. The molecule has 0 aromatic carbocycles. The Morgan fingerprint density at radius 3 is 3.11 bits per heavy atom. The summed E-state index contributed by atoms with van der Waals surface area (Å²) in [5.41, 5.74) is 5.16. The number of amides is 1. The maximum atomic E-state index is 11.5. The first-order valence-corrected chi connectivity index (χ1v) is 5.98. The number of piperazine rings is 1. The molecular formula is C11H17N5O2. The van der Waals surface area contributed by atoms with Gasteiger partial charge in [0.2, 0.25) is 5.91 Å². The minimum absolute atomic E-state index is 0.210. The van der Waals surface area contributed by atoms with Crippen molar-refractivity contribution < 1.29 is 4.79 Å². The second-order valence-electron chi connectivity index (χ2n) is 4.22. The highest BCUT2D eigenvalue weighted by Crippen LogP contribution is 2.13. The average Bonchev–Trinajstić information content (AvgIpc) is 2.38. The third-order valence-corrected chi connectivity index (χ3v) is 2.98. The first-order valence-electron chi connectivity index (χ1n) is 5.98. The van der Waals surface area contributed by atoms with Gasteiger partial charge in [-0.1, -0.05) is 6.92 Å². The van der Waals surface area contributed by atoms with E-state index in [2.05, 4.69) is 15.3 Å². The van der Waals surface area contributed by atoms with Gasteiger partial charge >= 0.3 is 0 Å². The van der Waals surface area contributed by atoms with Crippen molar-refractivity contribution in [1.82, 2.24) is 15.3 Å². The van der Waals surface area contributed by atoms with Crippen molar-refractivity contribution in [2.75, 3.05) is 24.5 Å². The van der Waals surface area contributed by atoms with Gasteiger partial charge in [0.25, 0.3) is 5.56 Å². The molecule has 1 saturated heterocycles. The fraction of sp³-hybridized carbons (Fsp3) is 0.545. The van der Waals surface area contributed by atoms with Crippen molar-refractivity contribution in [3.05, 3.63) is 22.2 Å². The number of carbonyl (C=O) groups is 1. The largest absolute Gasteiger partial charge is 0.368 e. The molecule has 1 atom stereocenters. The van der Waals surface area contributed by atoms with Crippen LogP contribution in [0.25, 0.3) is 0 Å². The summed E-state index contributed by atoms with van der Waals surface area (Å²) >= 11 is 0. The van der Waals surface area contributed by atoms with Crippen LogP contribution in [0.1, 0.15) is 12.7 Å². The number of hydrogen-bond donors (Lipinski definition) is 3. The van der Waals surface area contributed by atoms with E-state index in [1.54, 1.807) is 4.90 Å². The summed E-state index contributed by atoms with van der Waals surface area (Å²) in [5.74, 6) is 0.711. The summed E-state index contributed by atoms with van der Waals surface area (Å²) in [7, 11) is 0. The minimum Gasteiger partial charge on any atom is -0.368 e. The highest BCUT2D eigenvalue weighted by Gasteiger charge is 2.28. The van der Waals surface area contributed by atoms with Gasteiger partial charge in [-0.25, -0.2) is 4.98 Å². The SMILES string of the molecule is CCc1nc(N2CCNCC2C(N)=O)cc(=O)[nH]1. The van der Waals surface area contributed by atoms with Crippen LogP contribution in [-0.2, 0) is 11.2 Å². The topological polar surface area (TPSA) is 104 Å². The molecule has 0 aliphatic carbocycles. The third-order valence-electron chi connectivity index (χ3n) is 2.98. The number of aryl methyl sites for hydroxylation is 1. The van der Waals surface area contributed by atoms with Gasteiger partial charge in [0.05, 0.1) is 0 Å². The zero-order valence-corrected chi connectivity index (χ0v) is 10.3. The van der Waals surface area contributed by atoms with Gasteiger partial charge in [-0.3, -0.25) is 9.59 Å². The zero-order valence-electron chi connectivity index (χ0n) is 10.3. The molecule has 1 unspecified atom stereocenters. The van der Waals surface area contributed by atoms with E-state index in [-0.39, 0.29) is 5.56 Å². The molecule has 0 bridgehead atoms. The van der Waals surface area contributed by atoms with Gasteiger partial charge in [0, 0.05) is 32.1 Å². The zero-order chi connectivity index (χ0) is 13.1. The van der Waals surface area contributed by atoms with Crippen LogP contribution in [0.2, 0.25) is 0 Å². The number of hydrogen-bond acceptors (Lipinski definition) is 5. The van der Waals surface area contributed by atoms with Crippen LogP contribution in [-0.4, -0.2) is 41.6 Å². The summed E-state index contributed by atoms with van der Waals surface area (Å²) in [6, 6.07) is 0.943. The summed E-state index contributed by atoms with van der Waals surface area (Å²) in [4.78, 5) is 31.7. The molecule has 4 N–H and O–H groups in total. The third kappa shape index (κ3) is 2.51. The molecule has 0 spiro atoms. The highest BCUT2D eigenvalue weighted by atomic mass is 16.1. The van der Waals surface area contributed by atoms with Gasteiger partial charge < -0.3 is 20.9 Å². The van der Waals surface area contributed by atoms with Gasteiger partial charge in [-0.2, -0.15) is 0 Å². The fourth-order valence-corrected chi connectivity index (χ4v) is 2.04. The van der Waals surface area contributed by atoms with E-state index in [9.17, 15) is 9.59 Å². The Bertz CT molecular complexity index is 498. The van der Waals surface area contributed by atoms with Crippen molar-refractivity contribution in [2.45, 2.75) is 19.4 Å². The molecule has 0 radical (unpaired) electrons. The number of nitrogens with two attached hydrogens (primary N) is 1. The Morgan fingerprint density at radius 1 is 1.67 bits per heavy atom. The lowest BCUT2D eigenvalue weighted by Gasteiger charge is -2.35. The minimum atomic E-state index is -0.460. The van der Waals surface area contributed by atoms with E-state index in [0.29, 0.717) is 31.2 Å². The number of primary amides is 1. The van der Waals surface area contributed by atoms with Crippen molar-refractivity contribution in [3.8, 4) is 0 Å². The standard InChI is InChI=1S/C11H17N5O2/c1-2-8-14-9(5-10(17)15-8)16-4-3-13-6-7(16)11(12)18/h5,7,13H,2-4,6H2,1H3,(H2,12,18)(H,14,15,17). The molecule has 1 aliphatic heterocycles. The lowest BCUT2D eigenvalue weighted by atomic mass is 10.2. The Hall–Kier alpha value is -1.89. The molecular weight excluding hydrogens is 234 g/mol. The van der Waals surface area contributed by atoms with Crippen LogP contribution < -0.4 is 21.5 Å². The number of anilines is 1. The number of rotatable bonds is 3. The van der Waals surface area contributed by atoms with Crippen LogP contribution in [0.15, 0.2) is 10.9 Å².